The molecule has 6 heteroatoms. The van der Waals surface area contributed by atoms with Crippen molar-refractivity contribution in [3.63, 3.8) is 0 Å². The number of unbranched alkanes of at least 4 members (excludes halogenated alkanes) is 5. The Balaban J connectivity index is 1.21. The summed E-state index contributed by atoms with van der Waals surface area (Å²) in [5.74, 6) is 1.62. The predicted octanol–water partition coefficient (Wildman–Crippen LogP) is 7.15. The third-order valence-corrected chi connectivity index (χ3v) is 8.88. The van der Waals surface area contributed by atoms with Crippen LogP contribution in [-0.2, 0) is 27.5 Å². The van der Waals surface area contributed by atoms with Crippen molar-refractivity contribution >= 4 is 11.7 Å². The number of methoxy groups -OCH3 is 2. The molecule has 1 saturated carbocycles. The van der Waals surface area contributed by atoms with Gasteiger partial charge in [-0.2, -0.15) is 0 Å². The summed E-state index contributed by atoms with van der Waals surface area (Å²) in [5, 5.41) is 0. The zero-order valence-electron chi connectivity index (χ0n) is 24.9. The lowest BCUT2D eigenvalue weighted by Gasteiger charge is -2.51. The fraction of sp³-hybridized carbons (Fsp3) is 0.543. The summed E-state index contributed by atoms with van der Waals surface area (Å²) in [6.07, 6.45) is 11.7. The molecule has 2 aliphatic rings. The summed E-state index contributed by atoms with van der Waals surface area (Å²) in [6.45, 7) is 6.53. The van der Waals surface area contributed by atoms with Gasteiger partial charge in [0.2, 0.25) is 5.91 Å². The van der Waals surface area contributed by atoms with Gasteiger partial charge in [-0.05, 0) is 66.5 Å². The maximum Gasteiger partial charge on any atom is 0.226 e. The monoisotopic (exact) mass is 561 g/mol. The minimum atomic E-state index is -0.223. The Hall–Kier alpha value is -3.12. The van der Waals surface area contributed by atoms with Crippen molar-refractivity contribution in [1.82, 2.24) is 4.90 Å². The number of ketones is 1. The van der Waals surface area contributed by atoms with Gasteiger partial charge in [-0.25, -0.2) is 0 Å². The van der Waals surface area contributed by atoms with Gasteiger partial charge in [0.05, 0.1) is 20.8 Å². The molecule has 2 aromatic rings. The van der Waals surface area contributed by atoms with Crippen LogP contribution in [0.1, 0.15) is 75.3 Å². The molecule has 1 aliphatic heterocycles. The van der Waals surface area contributed by atoms with Gasteiger partial charge >= 0.3 is 0 Å². The Bertz CT molecular complexity index is 1130. The van der Waals surface area contributed by atoms with Crippen LogP contribution in [0.3, 0.4) is 0 Å². The Labute approximate surface area is 246 Å². The number of hydrogen-bond acceptors (Lipinski definition) is 5. The fourth-order valence-corrected chi connectivity index (χ4v) is 6.66. The quantitative estimate of drug-likeness (QED) is 0.152. The lowest BCUT2D eigenvalue weighted by Crippen LogP contribution is -2.57. The fourth-order valence-electron chi connectivity index (χ4n) is 6.66. The number of carbonyl (C=O) groups is 2. The van der Waals surface area contributed by atoms with Crippen LogP contribution in [0.5, 0.6) is 11.5 Å². The van der Waals surface area contributed by atoms with E-state index in [1.54, 1.807) is 20.3 Å². The molecular weight excluding hydrogens is 514 g/mol. The number of amides is 1. The van der Waals surface area contributed by atoms with Crippen molar-refractivity contribution < 1.29 is 23.8 Å². The average molecular weight is 562 g/mol. The standard InChI is InChI=1S/C35H47NO5/c1-4-11-31-32-22-35(23-33(31)37,26-36(34(32)38)24-27-12-16-29(39-2)17-13-27)20-9-7-5-6-8-10-21-41-25-28-14-18-30(40-3)19-15-28/h4,12-19,31-32H,1,5-11,20-26H2,2-3H3/t31-,32+,35-/m1/s1. The Morgan fingerprint density at radius 1 is 0.878 bits per heavy atom. The molecule has 1 saturated heterocycles. The zero-order valence-corrected chi connectivity index (χ0v) is 24.9. The van der Waals surface area contributed by atoms with Gasteiger partial charge in [0.1, 0.15) is 17.3 Å². The summed E-state index contributed by atoms with van der Waals surface area (Å²) in [5.41, 5.74) is 2.15. The summed E-state index contributed by atoms with van der Waals surface area (Å²) in [7, 11) is 3.33. The molecule has 2 bridgehead atoms. The Morgan fingerprint density at radius 2 is 1.49 bits per heavy atom. The second kappa shape index (κ2) is 15.2. The first kappa shape index (κ1) is 30.8. The number of piperidine rings is 1. The zero-order chi connectivity index (χ0) is 29.1. The third kappa shape index (κ3) is 8.45. The highest BCUT2D eigenvalue weighted by molar-refractivity contribution is 5.92. The second-order valence-electron chi connectivity index (χ2n) is 11.9. The number of ether oxygens (including phenoxy) is 3. The minimum absolute atomic E-state index is 0.102. The van der Waals surface area contributed by atoms with Crippen molar-refractivity contribution in [3.05, 3.63) is 72.3 Å². The van der Waals surface area contributed by atoms with Crippen LogP contribution in [0.2, 0.25) is 0 Å². The number of fused-ring (bicyclic) bond motifs is 2. The third-order valence-electron chi connectivity index (χ3n) is 8.88. The van der Waals surface area contributed by atoms with Crippen molar-refractivity contribution in [2.75, 3.05) is 27.4 Å². The molecule has 4 rings (SSSR count). The molecule has 1 heterocycles. The Morgan fingerprint density at radius 3 is 2.12 bits per heavy atom. The van der Waals surface area contributed by atoms with Crippen LogP contribution in [0.15, 0.2) is 61.2 Å². The molecule has 6 nitrogen and oxygen atoms in total. The number of benzene rings is 2. The molecule has 2 aromatic carbocycles. The second-order valence-corrected chi connectivity index (χ2v) is 11.9. The number of nitrogens with zero attached hydrogens (tertiary/aromatic N) is 1. The van der Waals surface area contributed by atoms with Gasteiger partial charge in [0, 0.05) is 38.0 Å². The van der Waals surface area contributed by atoms with Crippen molar-refractivity contribution in [2.45, 2.75) is 77.4 Å². The number of likely N-dealkylation sites (tertiary alicyclic amines) is 1. The lowest BCUT2D eigenvalue weighted by molar-refractivity contribution is -0.159. The minimum Gasteiger partial charge on any atom is -0.497 e. The highest BCUT2D eigenvalue weighted by Gasteiger charge is 2.52. The molecule has 222 valence electrons. The highest BCUT2D eigenvalue weighted by Crippen LogP contribution is 2.49. The summed E-state index contributed by atoms with van der Waals surface area (Å²) < 4.78 is 16.3. The van der Waals surface area contributed by atoms with E-state index in [9.17, 15) is 9.59 Å². The first-order valence-electron chi connectivity index (χ1n) is 15.2. The van der Waals surface area contributed by atoms with Gasteiger partial charge in [0.25, 0.3) is 0 Å². The van der Waals surface area contributed by atoms with Crippen LogP contribution >= 0.6 is 0 Å². The van der Waals surface area contributed by atoms with Gasteiger partial charge in [-0.3, -0.25) is 9.59 Å². The first-order chi connectivity index (χ1) is 20.0. The van der Waals surface area contributed by atoms with Crippen LogP contribution in [-0.4, -0.2) is 44.0 Å². The van der Waals surface area contributed by atoms with Crippen LogP contribution in [0, 0.1) is 17.3 Å². The van der Waals surface area contributed by atoms with E-state index in [4.69, 9.17) is 14.2 Å². The van der Waals surface area contributed by atoms with E-state index in [1.165, 1.54) is 19.3 Å². The SMILES string of the molecule is C=CC[C@H]1C(=O)C[C@@]2(CCCCCCCCOCc3ccc(OC)cc3)C[C@@H]1C(=O)N(Cc1ccc(OC)cc1)C2. The van der Waals surface area contributed by atoms with Crippen LogP contribution in [0.25, 0.3) is 0 Å². The molecule has 0 aromatic heterocycles. The summed E-state index contributed by atoms with van der Waals surface area (Å²) in [6, 6.07) is 15.9. The highest BCUT2D eigenvalue weighted by atomic mass is 16.5. The molecule has 3 atom stereocenters. The lowest BCUT2D eigenvalue weighted by atomic mass is 9.59. The largest absolute Gasteiger partial charge is 0.497 e. The molecule has 1 aliphatic carbocycles. The number of rotatable bonds is 17. The van der Waals surface area contributed by atoms with E-state index < -0.39 is 0 Å². The number of Topliss-reactive ketones (excluding diaryl/α,β-unsaturated/α-hetero) is 1. The maximum absolute atomic E-state index is 13.6. The number of allylic oxidation sites excluding steroid dienone is 1. The molecule has 1 amide bonds. The topological polar surface area (TPSA) is 65.1 Å². The smallest absolute Gasteiger partial charge is 0.226 e. The molecule has 0 spiro atoms. The summed E-state index contributed by atoms with van der Waals surface area (Å²) in [4.78, 5) is 28.8. The van der Waals surface area contributed by atoms with Crippen molar-refractivity contribution in [2.24, 2.45) is 17.3 Å². The summed E-state index contributed by atoms with van der Waals surface area (Å²) >= 11 is 0. The van der Waals surface area contributed by atoms with Gasteiger partial charge in [-0.1, -0.05) is 62.4 Å². The van der Waals surface area contributed by atoms with Gasteiger partial charge < -0.3 is 19.1 Å². The maximum atomic E-state index is 13.6. The van der Waals surface area contributed by atoms with Crippen LogP contribution < -0.4 is 9.47 Å². The Kier molecular flexibility index (Phi) is 11.4. The predicted molar refractivity (Wildman–Crippen MR) is 162 cm³/mol. The molecular formula is C35H47NO5. The van der Waals surface area contributed by atoms with Gasteiger partial charge in [0.15, 0.2) is 0 Å². The number of carbonyl (C=O) groups excluding carboxylic acids is 2. The molecule has 0 N–H and O–H groups in total. The van der Waals surface area contributed by atoms with E-state index in [1.807, 2.05) is 53.4 Å². The first-order valence-corrected chi connectivity index (χ1v) is 15.2. The molecule has 2 fully saturated rings. The van der Waals surface area contributed by atoms with Crippen molar-refractivity contribution in [1.29, 1.82) is 0 Å². The molecule has 0 radical (unpaired) electrons. The van der Waals surface area contributed by atoms with Crippen molar-refractivity contribution in [3.8, 4) is 11.5 Å². The number of hydrogen-bond donors (Lipinski definition) is 0. The normalized spacial score (nSPS) is 22.0. The van der Waals surface area contributed by atoms with E-state index in [-0.39, 0.29) is 28.9 Å². The molecule has 0 unspecified atom stereocenters. The van der Waals surface area contributed by atoms with Gasteiger partial charge in [-0.15, -0.1) is 6.58 Å². The van der Waals surface area contributed by atoms with E-state index in [0.717, 1.165) is 61.3 Å². The van der Waals surface area contributed by atoms with E-state index >= 15 is 0 Å². The van der Waals surface area contributed by atoms with E-state index in [0.29, 0.717) is 32.5 Å². The van der Waals surface area contributed by atoms with Crippen LogP contribution in [0.4, 0.5) is 0 Å². The van der Waals surface area contributed by atoms with E-state index in [2.05, 4.69) is 6.58 Å². The molecule has 41 heavy (non-hydrogen) atoms. The average Bonchev–Trinajstić information content (AvgIpc) is 2.99.